The molecule has 5 heteroatoms. The molecule has 0 bridgehead atoms. The van der Waals surface area contributed by atoms with E-state index < -0.39 is 5.91 Å². The minimum absolute atomic E-state index is 0.0371. The largest absolute Gasteiger partial charge is 0.489 e. The van der Waals surface area contributed by atoms with Crippen LogP contribution in [0.25, 0.3) is 6.08 Å². The average molecular weight is 447 g/mol. The quantitative estimate of drug-likeness (QED) is 0.379. The lowest BCUT2D eigenvalue weighted by molar-refractivity contribution is -0.112. The summed E-state index contributed by atoms with van der Waals surface area (Å²) in [6.45, 7) is 2.40. The van der Waals surface area contributed by atoms with Crippen LogP contribution in [0.4, 0.5) is 5.69 Å². The van der Waals surface area contributed by atoms with Crippen molar-refractivity contribution in [2.45, 2.75) is 13.5 Å². The Morgan fingerprint density at radius 2 is 1.83 bits per heavy atom. The lowest BCUT2D eigenvalue weighted by atomic mass is 10.1. The van der Waals surface area contributed by atoms with Gasteiger partial charge in [0, 0.05) is 10.2 Å². The van der Waals surface area contributed by atoms with Crippen LogP contribution in [-0.2, 0) is 11.4 Å². The maximum absolute atomic E-state index is 12.4. The van der Waals surface area contributed by atoms with Crippen molar-refractivity contribution < 1.29 is 9.53 Å². The van der Waals surface area contributed by atoms with Gasteiger partial charge >= 0.3 is 0 Å². The second-order valence-electron chi connectivity index (χ2n) is 6.48. The topological polar surface area (TPSA) is 62.1 Å². The van der Waals surface area contributed by atoms with Crippen molar-refractivity contribution in [2.24, 2.45) is 0 Å². The third kappa shape index (κ3) is 6.06. The van der Waals surface area contributed by atoms with E-state index in [9.17, 15) is 10.1 Å². The Labute approximate surface area is 178 Å². The van der Waals surface area contributed by atoms with Crippen molar-refractivity contribution in [3.05, 3.63) is 99.5 Å². The van der Waals surface area contributed by atoms with Gasteiger partial charge in [0.1, 0.15) is 24.0 Å². The highest BCUT2D eigenvalue weighted by Crippen LogP contribution is 2.18. The molecule has 1 N–H and O–H groups in total. The number of aryl methyl sites for hydroxylation is 1. The monoisotopic (exact) mass is 446 g/mol. The number of carbonyl (C=O) groups excluding carboxylic acids is 1. The van der Waals surface area contributed by atoms with Gasteiger partial charge in [-0.2, -0.15) is 5.26 Å². The number of nitriles is 1. The Kier molecular flexibility index (Phi) is 6.83. The number of nitrogens with zero attached hydrogens (tertiary/aromatic N) is 1. The van der Waals surface area contributed by atoms with Gasteiger partial charge in [0.25, 0.3) is 5.91 Å². The number of hydrogen-bond donors (Lipinski definition) is 1. The predicted molar refractivity (Wildman–Crippen MR) is 118 cm³/mol. The second kappa shape index (κ2) is 9.72. The van der Waals surface area contributed by atoms with Crippen molar-refractivity contribution in [2.75, 3.05) is 5.32 Å². The number of hydrogen-bond acceptors (Lipinski definition) is 3. The summed E-state index contributed by atoms with van der Waals surface area (Å²) in [5, 5.41) is 12.1. The molecule has 0 atom stereocenters. The predicted octanol–water partition coefficient (Wildman–Crippen LogP) is 5.88. The van der Waals surface area contributed by atoms with Crippen LogP contribution in [0.2, 0.25) is 0 Å². The summed E-state index contributed by atoms with van der Waals surface area (Å²) in [6, 6.07) is 24.6. The zero-order valence-corrected chi connectivity index (χ0v) is 17.4. The smallest absolute Gasteiger partial charge is 0.266 e. The Hall–Kier alpha value is -3.36. The zero-order valence-electron chi connectivity index (χ0n) is 15.9. The fraction of sp³-hybridized carbons (Fsp3) is 0.0833. The minimum atomic E-state index is -0.436. The van der Waals surface area contributed by atoms with Gasteiger partial charge in [-0.1, -0.05) is 52.3 Å². The van der Waals surface area contributed by atoms with E-state index in [1.54, 1.807) is 12.1 Å². The molecule has 0 saturated carbocycles. The molecule has 0 aromatic heterocycles. The summed E-state index contributed by atoms with van der Waals surface area (Å²) in [5.74, 6) is 0.279. The van der Waals surface area contributed by atoms with E-state index in [0.29, 0.717) is 18.0 Å². The van der Waals surface area contributed by atoms with E-state index in [-0.39, 0.29) is 5.57 Å². The summed E-state index contributed by atoms with van der Waals surface area (Å²) >= 11 is 3.41. The molecule has 0 aliphatic rings. The first-order valence-corrected chi connectivity index (χ1v) is 9.80. The van der Waals surface area contributed by atoms with Gasteiger partial charge in [-0.15, -0.1) is 0 Å². The number of amides is 1. The molecule has 3 aromatic carbocycles. The summed E-state index contributed by atoms with van der Waals surface area (Å²) in [5.41, 5.74) is 3.54. The molecule has 0 radical (unpaired) electrons. The molecule has 0 heterocycles. The first-order valence-electron chi connectivity index (χ1n) is 9.00. The number of carbonyl (C=O) groups is 1. The minimum Gasteiger partial charge on any atom is -0.489 e. The molecule has 0 fully saturated rings. The van der Waals surface area contributed by atoms with E-state index >= 15 is 0 Å². The normalized spacial score (nSPS) is 10.9. The van der Waals surface area contributed by atoms with Crippen LogP contribution in [0.3, 0.4) is 0 Å². The second-order valence-corrected chi connectivity index (χ2v) is 7.39. The molecule has 0 unspecified atom stereocenters. The Morgan fingerprint density at radius 3 is 2.48 bits per heavy atom. The van der Waals surface area contributed by atoms with E-state index in [1.807, 2.05) is 79.7 Å². The fourth-order valence-electron chi connectivity index (χ4n) is 2.64. The molecule has 0 saturated heterocycles. The van der Waals surface area contributed by atoms with E-state index in [2.05, 4.69) is 21.2 Å². The lowest BCUT2D eigenvalue weighted by Crippen LogP contribution is -2.13. The van der Waals surface area contributed by atoms with Crippen LogP contribution in [0.5, 0.6) is 5.75 Å². The molecule has 0 spiro atoms. The summed E-state index contributed by atoms with van der Waals surface area (Å²) in [4.78, 5) is 12.4. The Bertz CT molecular complexity index is 1070. The number of rotatable bonds is 6. The number of nitrogens with one attached hydrogen (secondary N) is 1. The highest BCUT2D eigenvalue weighted by atomic mass is 79.9. The highest BCUT2D eigenvalue weighted by Gasteiger charge is 2.09. The van der Waals surface area contributed by atoms with Crippen LogP contribution < -0.4 is 10.1 Å². The molecule has 3 aromatic rings. The Morgan fingerprint density at radius 1 is 1.10 bits per heavy atom. The fourth-order valence-corrected chi connectivity index (χ4v) is 2.91. The maximum atomic E-state index is 12.4. The number of benzene rings is 3. The summed E-state index contributed by atoms with van der Waals surface area (Å²) in [6.07, 6.45) is 1.56. The molecule has 0 aliphatic heterocycles. The molecule has 4 nitrogen and oxygen atoms in total. The van der Waals surface area contributed by atoms with Crippen LogP contribution in [-0.4, -0.2) is 5.91 Å². The van der Waals surface area contributed by atoms with Crippen LogP contribution in [0.15, 0.2) is 82.8 Å². The molecular weight excluding hydrogens is 428 g/mol. The van der Waals surface area contributed by atoms with Crippen molar-refractivity contribution in [1.82, 2.24) is 0 Å². The van der Waals surface area contributed by atoms with Gasteiger partial charge in [-0.3, -0.25) is 4.79 Å². The molecule has 3 rings (SSSR count). The maximum Gasteiger partial charge on any atom is 0.266 e. The van der Waals surface area contributed by atoms with E-state index in [1.165, 1.54) is 0 Å². The van der Waals surface area contributed by atoms with Crippen molar-refractivity contribution in [1.29, 1.82) is 5.26 Å². The van der Waals surface area contributed by atoms with E-state index in [4.69, 9.17) is 4.74 Å². The molecule has 0 aliphatic carbocycles. The Balaban J connectivity index is 1.64. The average Bonchev–Trinajstić information content (AvgIpc) is 2.72. The van der Waals surface area contributed by atoms with Crippen LogP contribution >= 0.6 is 15.9 Å². The SMILES string of the molecule is Cc1cccc(NC(=O)/C(C#N)=C\c2ccc(OCc3ccc(Br)cc3)cc2)c1. The van der Waals surface area contributed by atoms with Gasteiger partial charge in [-0.05, 0) is 66.1 Å². The van der Waals surface area contributed by atoms with E-state index in [0.717, 1.165) is 21.2 Å². The van der Waals surface area contributed by atoms with Crippen molar-refractivity contribution >= 4 is 33.6 Å². The standard InChI is InChI=1S/C24H19BrN2O2/c1-17-3-2-4-22(13-17)27-24(28)20(15-26)14-18-7-11-23(12-8-18)29-16-19-5-9-21(25)10-6-19/h2-14H,16H2,1H3,(H,27,28)/b20-14-. The molecule has 29 heavy (non-hydrogen) atoms. The van der Waals surface area contributed by atoms with Crippen molar-refractivity contribution in [3.8, 4) is 11.8 Å². The van der Waals surface area contributed by atoms with Crippen LogP contribution in [0.1, 0.15) is 16.7 Å². The number of halogens is 1. The number of ether oxygens (including phenoxy) is 1. The first-order chi connectivity index (χ1) is 14.0. The van der Waals surface area contributed by atoms with Gasteiger partial charge in [0.15, 0.2) is 0 Å². The molecule has 1 amide bonds. The number of anilines is 1. The van der Waals surface area contributed by atoms with Gasteiger partial charge in [0.2, 0.25) is 0 Å². The highest BCUT2D eigenvalue weighted by molar-refractivity contribution is 9.10. The molecule has 144 valence electrons. The zero-order chi connectivity index (χ0) is 20.6. The molecular formula is C24H19BrN2O2. The lowest BCUT2D eigenvalue weighted by Gasteiger charge is -2.07. The van der Waals surface area contributed by atoms with Crippen molar-refractivity contribution in [3.63, 3.8) is 0 Å². The summed E-state index contributed by atoms with van der Waals surface area (Å²) < 4.78 is 6.80. The first kappa shape index (κ1) is 20.4. The summed E-state index contributed by atoms with van der Waals surface area (Å²) in [7, 11) is 0. The third-order valence-electron chi connectivity index (χ3n) is 4.15. The van der Waals surface area contributed by atoms with Gasteiger partial charge in [-0.25, -0.2) is 0 Å². The van der Waals surface area contributed by atoms with Crippen LogP contribution in [0, 0.1) is 18.3 Å². The van der Waals surface area contributed by atoms with Gasteiger partial charge < -0.3 is 10.1 Å². The van der Waals surface area contributed by atoms with Gasteiger partial charge in [0.05, 0.1) is 0 Å². The third-order valence-corrected chi connectivity index (χ3v) is 4.68.